The van der Waals surface area contributed by atoms with Gasteiger partial charge in [0.15, 0.2) is 0 Å². The van der Waals surface area contributed by atoms with Crippen molar-refractivity contribution in [3.8, 4) is 0 Å². The minimum atomic E-state index is 0.0211. The molecule has 2 aromatic carbocycles. The molecule has 119 valence electrons. The lowest BCUT2D eigenvalue weighted by Gasteiger charge is -2.34. The predicted octanol–water partition coefficient (Wildman–Crippen LogP) is 3.75. The summed E-state index contributed by atoms with van der Waals surface area (Å²) in [5.74, 6) is 0.0211. The van der Waals surface area contributed by atoms with Crippen LogP contribution >= 0.6 is 23.2 Å². The summed E-state index contributed by atoms with van der Waals surface area (Å²) in [6.07, 6.45) is 0. The second-order valence-corrected chi connectivity index (χ2v) is 6.49. The molecule has 0 aromatic heterocycles. The summed E-state index contributed by atoms with van der Waals surface area (Å²) in [7, 11) is 0. The zero-order chi connectivity index (χ0) is 16.2. The van der Waals surface area contributed by atoms with E-state index in [1.165, 1.54) is 5.56 Å². The van der Waals surface area contributed by atoms with Gasteiger partial charge < -0.3 is 4.90 Å². The lowest BCUT2D eigenvalue weighted by Crippen LogP contribution is -2.48. The summed E-state index contributed by atoms with van der Waals surface area (Å²) in [4.78, 5) is 16.7. The molecule has 0 unspecified atom stereocenters. The van der Waals surface area contributed by atoms with Crippen molar-refractivity contribution in [2.24, 2.45) is 0 Å². The Morgan fingerprint density at radius 1 is 0.957 bits per heavy atom. The summed E-state index contributed by atoms with van der Waals surface area (Å²) in [6.45, 7) is 4.06. The van der Waals surface area contributed by atoms with Crippen molar-refractivity contribution in [1.82, 2.24) is 9.80 Å². The van der Waals surface area contributed by atoms with Crippen LogP contribution in [0.15, 0.2) is 42.5 Å². The van der Waals surface area contributed by atoms with E-state index >= 15 is 0 Å². The molecule has 0 saturated carbocycles. The molecular weight excluding hydrogens is 331 g/mol. The molecule has 5 heteroatoms. The van der Waals surface area contributed by atoms with Crippen LogP contribution in [0.25, 0.3) is 0 Å². The van der Waals surface area contributed by atoms with E-state index in [4.69, 9.17) is 23.2 Å². The lowest BCUT2D eigenvalue weighted by molar-refractivity contribution is 0.0628. The molecule has 3 nitrogen and oxygen atoms in total. The van der Waals surface area contributed by atoms with Crippen molar-refractivity contribution in [3.63, 3.8) is 0 Å². The Balaban J connectivity index is 1.54. The largest absolute Gasteiger partial charge is 0.336 e. The van der Waals surface area contributed by atoms with Gasteiger partial charge in [-0.25, -0.2) is 0 Å². The van der Waals surface area contributed by atoms with Crippen molar-refractivity contribution in [2.45, 2.75) is 6.54 Å². The molecule has 0 bridgehead atoms. The number of rotatable bonds is 3. The Hall–Kier alpha value is -1.55. The third-order valence-electron chi connectivity index (χ3n) is 3.98. The number of benzene rings is 2. The molecule has 3 rings (SSSR count). The summed E-state index contributed by atoms with van der Waals surface area (Å²) >= 11 is 11.7. The standard InChI is InChI=1S/C18H17Cl2N2O/c19-16-5-1-14(2-6-16)13-21-9-11-22(12-10-21)18(23)15-3-7-17(20)8-4-15/h1-3,5-8H,9-13H2. The van der Waals surface area contributed by atoms with Crippen LogP contribution in [0.5, 0.6) is 0 Å². The highest BCUT2D eigenvalue weighted by molar-refractivity contribution is 6.30. The number of carbonyl (C=O) groups excluding carboxylic acids is 1. The second-order valence-electron chi connectivity index (χ2n) is 5.62. The lowest BCUT2D eigenvalue weighted by atomic mass is 10.1. The first-order valence-electron chi connectivity index (χ1n) is 7.55. The van der Waals surface area contributed by atoms with Gasteiger partial charge in [-0.2, -0.15) is 0 Å². The number of hydrogen-bond donors (Lipinski definition) is 0. The van der Waals surface area contributed by atoms with Gasteiger partial charge >= 0.3 is 0 Å². The zero-order valence-electron chi connectivity index (χ0n) is 12.6. The first-order valence-corrected chi connectivity index (χ1v) is 8.31. The molecule has 1 aliphatic heterocycles. The molecule has 1 amide bonds. The maximum absolute atomic E-state index is 12.4. The van der Waals surface area contributed by atoms with E-state index in [0.29, 0.717) is 10.6 Å². The van der Waals surface area contributed by atoms with Crippen LogP contribution in [0.3, 0.4) is 0 Å². The molecule has 0 N–H and O–H groups in total. The highest BCUT2D eigenvalue weighted by Gasteiger charge is 2.22. The summed E-state index contributed by atoms with van der Waals surface area (Å²) in [5.41, 5.74) is 1.81. The van der Waals surface area contributed by atoms with Crippen LogP contribution in [-0.2, 0) is 6.54 Å². The van der Waals surface area contributed by atoms with Gasteiger partial charge in [-0.05, 0) is 42.0 Å². The Labute approximate surface area is 146 Å². The van der Waals surface area contributed by atoms with Crippen molar-refractivity contribution >= 4 is 29.1 Å². The van der Waals surface area contributed by atoms with Gasteiger partial charge in [-0.1, -0.05) is 35.3 Å². The third kappa shape index (κ3) is 4.25. The van der Waals surface area contributed by atoms with Crippen molar-refractivity contribution in [1.29, 1.82) is 0 Å². The number of piperazine rings is 1. The van der Waals surface area contributed by atoms with E-state index in [9.17, 15) is 4.79 Å². The molecule has 0 aliphatic carbocycles. The van der Waals surface area contributed by atoms with Gasteiger partial charge in [0.25, 0.3) is 5.91 Å². The van der Waals surface area contributed by atoms with Gasteiger partial charge in [0.2, 0.25) is 0 Å². The highest BCUT2D eigenvalue weighted by atomic mass is 35.5. The molecule has 1 aliphatic rings. The molecule has 0 spiro atoms. The SMILES string of the molecule is O=C(c1[c]cc(Cl)cc1)N1CCN(Cc2ccc(Cl)cc2)CC1. The fourth-order valence-corrected chi connectivity index (χ4v) is 2.91. The van der Waals surface area contributed by atoms with Crippen LogP contribution in [0.2, 0.25) is 10.0 Å². The fourth-order valence-electron chi connectivity index (χ4n) is 2.67. The van der Waals surface area contributed by atoms with E-state index in [1.807, 2.05) is 29.2 Å². The Morgan fingerprint density at radius 3 is 2.22 bits per heavy atom. The number of nitrogens with zero attached hydrogens (tertiary/aromatic N) is 2. The maximum atomic E-state index is 12.4. The third-order valence-corrected chi connectivity index (χ3v) is 4.47. The Kier molecular flexibility index (Phi) is 5.21. The number of hydrogen-bond acceptors (Lipinski definition) is 2. The van der Waals surface area contributed by atoms with Gasteiger partial charge in [-0.15, -0.1) is 0 Å². The van der Waals surface area contributed by atoms with Gasteiger partial charge in [0, 0.05) is 48.3 Å². The summed E-state index contributed by atoms with van der Waals surface area (Å²) in [6, 6.07) is 15.9. The zero-order valence-corrected chi connectivity index (χ0v) is 14.1. The fraction of sp³-hybridized carbons (Fsp3) is 0.278. The predicted molar refractivity (Wildman–Crippen MR) is 92.9 cm³/mol. The maximum Gasteiger partial charge on any atom is 0.254 e. The van der Waals surface area contributed by atoms with Crippen LogP contribution in [-0.4, -0.2) is 41.9 Å². The van der Waals surface area contributed by atoms with E-state index in [1.54, 1.807) is 18.2 Å². The van der Waals surface area contributed by atoms with Crippen LogP contribution in [0, 0.1) is 6.07 Å². The molecule has 2 aromatic rings. The van der Waals surface area contributed by atoms with Gasteiger partial charge in [0.1, 0.15) is 0 Å². The first kappa shape index (κ1) is 16.3. The van der Waals surface area contributed by atoms with Crippen molar-refractivity contribution < 1.29 is 4.79 Å². The normalized spacial score (nSPS) is 15.7. The van der Waals surface area contributed by atoms with E-state index < -0.39 is 0 Å². The summed E-state index contributed by atoms with van der Waals surface area (Å²) < 4.78 is 0. The van der Waals surface area contributed by atoms with E-state index in [2.05, 4.69) is 11.0 Å². The monoisotopic (exact) mass is 347 g/mol. The molecule has 1 saturated heterocycles. The quantitative estimate of drug-likeness (QED) is 0.843. The molecule has 1 fully saturated rings. The van der Waals surface area contributed by atoms with Crippen molar-refractivity contribution in [3.05, 3.63) is 69.7 Å². The van der Waals surface area contributed by atoms with Gasteiger partial charge in [0.05, 0.1) is 0 Å². The number of halogens is 2. The molecule has 23 heavy (non-hydrogen) atoms. The Morgan fingerprint density at radius 2 is 1.61 bits per heavy atom. The van der Waals surface area contributed by atoms with Gasteiger partial charge in [-0.3, -0.25) is 9.69 Å². The van der Waals surface area contributed by atoms with E-state index in [0.717, 1.165) is 37.7 Å². The first-order chi connectivity index (χ1) is 11.1. The molecule has 1 heterocycles. The van der Waals surface area contributed by atoms with Crippen LogP contribution < -0.4 is 0 Å². The average molecular weight is 348 g/mol. The minimum absolute atomic E-state index is 0.0211. The topological polar surface area (TPSA) is 23.6 Å². The number of carbonyl (C=O) groups is 1. The highest BCUT2D eigenvalue weighted by Crippen LogP contribution is 2.15. The molecule has 0 atom stereocenters. The Bertz CT molecular complexity index is 662. The smallest absolute Gasteiger partial charge is 0.254 e. The van der Waals surface area contributed by atoms with Crippen LogP contribution in [0.4, 0.5) is 0 Å². The number of amides is 1. The summed E-state index contributed by atoms with van der Waals surface area (Å²) in [5, 5.41) is 1.35. The molecule has 1 radical (unpaired) electrons. The van der Waals surface area contributed by atoms with Crippen LogP contribution in [0.1, 0.15) is 15.9 Å². The van der Waals surface area contributed by atoms with E-state index in [-0.39, 0.29) is 5.91 Å². The second kappa shape index (κ2) is 7.35. The van der Waals surface area contributed by atoms with Crippen molar-refractivity contribution in [2.75, 3.05) is 26.2 Å². The molecular formula is C18H17Cl2N2O. The average Bonchev–Trinajstić information content (AvgIpc) is 2.58. The minimum Gasteiger partial charge on any atom is -0.336 e.